The average Bonchev–Trinajstić information content (AvgIpc) is 2.94. The van der Waals surface area contributed by atoms with Crippen molar-refractivity contribution < 1.29 is 4.74 Å². The highest BCUT2D eigenvalue weighted by Crippen LogP contribution is 2.22. The zero-order valence-electron chi connectivity index (χ0n) is 10.2. The minimum absolute atomic E-state index is 0.246. The second-order valence-electron chi connectivity index (χ2n) is 3.74. The van der Waals surface area contributed by atoms with Crippen molar-refractivity contribution in [2.45, 2.75) is 6.92 Å². The molecule has 0 aliphatic carbocycles. The Labute approximate surface area is 107 Å². The largest absolute Gasteiger partial charge is 0.478 e. The Morgan fingerprint density at radius 1 is 1.39 bits per heavy atom. The lowest BCUT2D eigenvalue weighted by Crippen LogP contribution is -2.00. The van der Waals surface area contributed by atoms with Crippen molar-refractivity contribution >= 4 is 11.5 Å². The summed E-state index contributed by atoms with van der Waals surface area (Å²) < 4.78 is 7.56. The van der Waals surface area contributed by atoms with E-state index in [4.69, 9.17) is 11.2 Å². The molecule has 0 saturated carbocycles. The lowest BCUT2D eigenvalue weighted by molar-refractivity contribution is 0.326. The van der Waals surface area contributed by atoms with Crippen LogP contribution in [0.3, 0.4) is 0 Å². The van der Waals surface area contributed by atoms with E-state index in [0.717, 1.165) is 17.0 Å². The Morgan fingerprint density at radius 3 is 2.78 bits per heavy atom. The summed E-state index contributed by atoms with van der Waals surface area (Å²) >= 11 is 0. The van der Waals surface area contributed by atoms with Crippen LogP contribution in [0.1, 0.15) is 12.5 Å². The fourth-order valence-corrected chi connectivity index (χ4v) is 1.67. The van der Waals surface area contributed by atoms with Crippen molar-refractivity contribution in [3.8, 4) is 12.3 Å². The summed E-state index contributed by atoms with van der Waals surface area (Å²) in [5.74, 6) is 3.26. The van der Waals surface area contributed by atoms with Crippen molar-refractivity contribution in [3.05, 3.63) is 54.6 Å². The molecule has 0 atom stereocenters. The molecular formula is C15H14N2O. The molecule has 0 fully saturated rings. The zero-order chi connectivity index (χ0) is 12.8. The quantitative estimate of drug-likeness (QED) is 0.605. The van der Waals surface area contributed by atoms with Gasteiger partial charge in [0, 0.05) is 18.0 Å². The fourth-order valence-electron chi connectivity index (χ4n) is 1.67. The van der Waals surface area contributed by atoms with E-state index in [9.17, 15) is 0 Å². The van der Waals surface area contributed by atoms with Crippen LogP contribution < -0.4 is 0 Å². The Hall–Kier alpha value is -2.47. The summed E-state index contributed by atoms with van der Waals surface area (Å²) in [7, 11) is 0. The van der Waals surface area contributed by atoms with E-state index in [2.05, 4.69) is 10.9 Å². The van der Waals surface area contributed by atoms with Crippen LogP contribution in [0.5, 0.6) is 0 Å². The van der Waals surface area contributed by atoms with Crippen LogP contribution in [0, 0.1) is 12.3 Å². The van der Waals surface area contributed by atoms with Crippen molar-refractivity contribution in [1.82, 2.24) is 9.55 Å². The van der Waals surface area contributed by atoms with Gasteiger partial charge in [0.2, 0.25) is 0 Å². The third kappa shape index (κ3) is 2.61. The first-order chi connectivity index (χ1) is 8.83. The van der Waals surface area contributed by atoms with E-state index in [-0.39, 0.29) is 6.61 Å². The van der Waals surface area contributed by atoms with Gasteiger partial charge in [0.05, 0.1) is 12.0 Å². The van der Waals surface area contributed by atoms with Crippen molar-refractivity contribution in [3.63, 3.8) is 0 Å². The highest BCUT2D eigenvalue weighted by molar-refractivity contribution is 5.77. The van der Waals surface area contributed by atoms with Crippen LogP contribution in [0.2, 0.25) is 0 Å². The SMILES string of the molecule is C#CCO/C(=C(/C)n1ccnc1)c1ccccc1. The molecule has 18 heavy (non-hydrogen) atoms. The fraction of sp³-hybridized carbons (Fsp3) is 0.133. The molecule has 0 aliphatic rings. The molecule has 1 heterocycles. The van der Waals surface area contributed by atoms with Crippen LogP contribution in [0.15, 0.2) is 49.1 Å². The molecule has 0 radical (unpaired) electrons. The molecule has 0 bridgehead atoms. The molecule has 2 aromatic rings. The molecule has 0 saturated heterocycles. The Balaban J connectivity index is 2.43. The number of ether oxygens (including phenoxy) is 1. The van der Waals surface area contributed by atoms with E-state index in [0.29, 0.717) is 0 Å². The van der Waals surface area contributed by atoms with Crippen LogP contribution in [-0.4, -0.2) is 16.2 Å². The standard InChI is InChI=1S/C15H14N2O/c1-3-11-18-15(14-7-5-4-6-8-14)13(2)17-10-9-16-12-17/h1,4-10,12H,11H2,2H3/b15-13-. The predicted molar refractivity (Wildman–Crippen MR) is 72.2 cm³/mol. The molecule has 0 N–H and O–H groups in total. The molecule has 3 heteroatoms. The highest BCUT2D eigenvalue weighted by Gasteiger charge is 2.08. The second kappa shape index (κ2) is 5.74. The number of allylic oxidation sites excluding steroid dienone is 1. The minimum atomic E-state index is 0.246. The third-order valence-corrected chi connectivity index (χ3v) is 2.56. The number of benzene rings is 1. The van der Waals surface area contributed by atoms with Crippen LogP contribution in [0.25, 0.3) is 11.5 Å². The maximum absolute atomic E-state index is 5.66. The molecule has 1 aromatic carbocycles. The van der Waals surface area contributed by atoms with Gasteiger partial charge in [-0.2, -0.15) is 0 Å². The third-order valence-electron chi connectivity index (χ3n) is 2.56. The lowest BCUT2D eigenvalue weighted by Gasteiger charge is -2.13. The molecule has 1 aromatic heterocycles. The topological polar surface area (TPSA) is 27.1 Å². The smallest absolute Gasteiger partial charge is 0.148 e. The molecule has 90 valence electrons. The van der Waals surface area contributed by atoms with Gasteiger partial charge in [0.1, 0.15) is 12.4 Å². The number of imidazole rings is 1. The predicted octanol–water partition coefficient (Wildman–Crippen LogP) is 2.88. The van der Waals surface area contributed by atoms with E-state index in [1.807, 2.05) is 48.0 Å². The van der Waals surface area contributed by atoms with Crippen molar-refractivity contribution in [2.75, 3.05) is 6.61 Å². The van der Waals surface area contributed by atoms with Crippen LogP contribution in [0.4, 0.5) is 0 Å². The first kappa shape index (κ1) is 12.0. The molecule has 0 aliphatic heterocycles. The van der Waals surface area contributed by atoms with Gasteiger partial charge >= 0.3 is 0 Å². The number of rotatable bonds is 4. The van der Waals surface area contributed by atoms with E-state index in [1.165, 1.54) is 0 Å². The first-order valence-corrected chi connectivity index (χ1v) is 5.64. The van der Waals surface area contributed by atoms with Gasteiger partial charge in [-0.25, -0.2) is 4.98 Å². The monoisotopic (exact) mass is 238 g/mol. The van der Waals surface area contributed by atoms with E-state index < -0.39 is 0 Å². The summed E-state index contributed by atoms with van der Waals surface area (Å²) in [5, 5.41) is 0. The maximum Gasteiger partial charge on any atom is 0.148 e. The Kier molecular flexibility index (Phi) is 3.83. The van der Waals surface area contributed by atoms with Crippen molar-refractivity contribution in [1.29, 1.82) is 0 Å². The Bertz CT molecular complexity index is 562. The number of terminal acetylenes is 1. The van der Waals surface area contributed by atoms with Crippen molar-refractivity contribution in [2.24, 2.45) is 0 Å². The van der Waals surface area contributed by atoms with Gasteiger partial charge in [0.25, 0.3) is 0 Å². The van der Waals surface area contributed by atoms with Gasteiger partial charge in [-0.05, 0) is 6.92 Å². The number of hydrogen-bond donors (Lipinski definition) is 0. The molecule has 2 rings (SSSR count). The average molecular weight is 238 g/mol. The molecule has 0 unspecified atom stereocenters. The molecule has 0 amide bonds. The van der Waals surface area contributed by atoms with Crippen LogP contribution in [-0.2, 0) is 4.74 Å². The van der Waals surface area contributed by atoms with Gasteiger partial charge in [-0.15, -0.1) is 6.42 Å². The van der Waals surface area contributed by atoms with Crippen LogP contribution >= 0.6 is 0 Å². The lowest BCUT2D eigenvalue weighted by atomic mass is 10.1. The molecule has 3 nitrogen and oxygen atoms in total. The molecular weight excluding hydrogens is 224 g/mol. The highest BCUT2D eigenvalue weighted by atomic mass is 16.5. The number of nitrogens with zero attached hydrogens (tertiary/aromatic N) is 2. The van der Waals surface area contributed by atoms with E-state index in [1.54, 1.807) is 12.5 Å². The Morgan fingerprint density at radius 2 is 2.17 bits per heavy atom. The normalized spacial score (nSPS) is 11.6. The first-order valence-electron chi connectivity index (χ1n) is 5.64. The molecule has 0 spiro atoms. The summed E-state index contributed by atoms with van der Waals surface area (Å²) in [6, 6.07) is 9.89. The van der Waals surface area contributed by atoms with Gasteiger partial charge < -0.3 is 9.30 Å². The summed E-state index contributed by atoms with van der Waals surface area (Å²) in [4.78, 5) is 4.03. The van der Waals surface area contributed by atoms with E-state index >= 15 is 0 Å². The zero-order valence-corrected chi connectivity index (χ0v) is 10.2. The van der Waals surface area contributed by atoms with Gasteiger partial charge in [-0.3, -0.25) is 0 Å². The summed E-state index contributed by atoms with van der Waals surface area (Å²) in [5.41, 5.74) is 1.95. The number of aromatic nitrogens is 2. The second-order valence-corrected chi connectivity index (χ2v) is 3.74. The maximum atomic E-state index is 5.66. The summed E-state index contributed by atoms with van der Waals surface area (Å²) in [6.45, 7) is 2.22. The van der Waals surface area contributed by atoms with Gasteiger partial charge in [-0.1, -0.05) is 36.3 Å². The minimum Gasteiger partial charge on any atom is -0.478 e. The number of hydrogen-bond acceptors (Lipinski definition) is 2. The van der Waals surface area contributed by atoms with Gasteiger partial charge in [0.15, 0.2) is 0 Å². The summed E-state index contributed by atoms with van der Waals surface area (Å²) in [6.07, 6.45) is 10.6.